The monoisotopic (exact) mass is 231 g/mol. The van der Waals surface area contributed by atoms with Crippen LogP contribution in [-0.4, -0.2) is 14.9 Å². The van der Waals surface area contributed by atoms with Gasteiger partial charge in [-0.1, -0.05) is 19.9 Å². The minimum atomic E-state index is 0.311. The molecule has 4 nitrogen and oxygen atoms in total. The summed E-state index contributed by atoms with van der Waals surface area (Å²) in [5, 5.41) is 14.1. The van der Waals surface area contributed by atoms with Crippen LogP contribution >= 0.6 is 0 Å². The summed E-state index contributed by atoms with van der Waals surface area (Å²) in [6.45, 7) is 4.20. The van der Waals surface area contributed by atoms with Crippen molar-refractivity contribution in [3.63, 3.8) is 0 Å². The Morgan fingerprint density at radius 1 is 1.47 bits per heavy atom. The number of nitrogen functional groups attached to an aromatic ring is 1. The average molecular weight is 231 g/mol. The largest absolute Gasteiger partial charge is 0.508 e. The lowest BCUT2D eigenvalue weighted by Crippen LogP contribution is -1.97. The number of rotatable bonds is 3. The molecule has 0 aliphatic heterocycles. The molecule has 3 N–H and O–H groups in total. The molecule has 0 amide bonds. The van der Waals surface area contributed by atoms with Gasteiger partial charge in [-0.25, -0.2) is 4.68 Å². The van der Waals surface area contributed by atoms with Gasteiger partial charge in [-0.15, -0.1) is 0 Å². The Bertz CT molecular complexity index is 519. The van der Waals surface area contributed by atoms with Crippen LogP contribution in [0, 0.1) is 0 Å². The van der Waals surface area contributed by atoms with E-state index >= 15 is 0 Å². The predicted molar refractivity (Wildman–Crippen MR) is 68.3 cm³/mol. The van der Waals surface area contributed by atoms with Crippen molar-refractivity contribution in [3.05, 3.63) is 36.2 Å². The molecule has 1 aromatic carbocycles. The van der Waals surface area contributed by atoms with E-state index in [0.29, 0.717) is 17.4 Å². The topological polar surface area (TPSA) is 64.1 Å². The number of benzene rings is 1. The average Bonchev–Trinajstić information content (AvgIpc) is 2.75. The number of nitrogens with zero attached hydrogens (tertiary/aromatic N) is 2. The van der Waals surface area contributed by atoms with E-state index in [2.05, 4.69) is 18.9 Å². The van der Waals surface area contributed by atoms with Crippen molar-refractivity contribution in [2.45, 2.75) is 26.2 Å². The van der Waals surface area contributed by atoms with Crippen molar-refractivity contribution in [3.8, 4) is 11.4 Å². The summed E-state index contributed by atoms with van der Waals surface area (Å²) in [7, 11) is 0. The highest BCUT2D eigenvalue weighted by molar-refractivity contribution is 5.46. The van der Waals surface area contributed by atoms with E-state index in [0.717, 1.165) is 17.7 Å². The van der Waals surface area contributed by atoms with E-state index in [9.17, 15) is 5.11 Å². The van der Waals surface area contributed by atoms with Crippen LogP contribution in [0.15, 0.2) is 30.6 Å². The van der Waals surface area contributed by atoms with Crippen LogP contribution in [0.3, 0.4) is 0 Å². The van der Waals surface area contributed by atoms with Gasteiger partial charge in [0.25, 0.3) is 0 Å². The molecule has 1 unspecified atom stereocenters. The Balaban J connectivity index is 2.37. The minimum Gasteiger partial charge on any atom is -0.508 e. The Labute approximate surface area is 101 Å². The summed E-state index contributed by atoms with van der Waals surface area (Å²) in [6, 6.07) is 5.60. The van der Waals surface area contributed by atoms with E-state index in [-0.39, 0.29) is 0 Å². The Kier molecular flexibility index (Phi) is 3.04. The van der Waals surface area contributed by atoms with Crippen molar-refractivity contribution in [1.82, 2.24) is 9.78 Å². The highest BCUT2D eigenvalue weighted by atomic mass is 16.3. The first-order valence-electron chi connectivity index (χ1n) is 5.75. The zero-order chi connectivity index (χ0) is 12.4. The fraction of sp³-hybridized carbons (Fsp3) is 0.308. The fourth-order valence-electron chi connectivity index (χ4n) is 1.79. The Morgan fingerprint density at radius 2 is 2.24 bits per heavy atom. The normalized spacial score (nSPS) is 12.6. The molecule has 0 spiro atoms. The summed E-state index contributed by atoms with van der Waals surface area (Å²) in [5.41, 5.74) is 7.99. The van der Waals surface area contributed by atoms with Gasteiger partial charge < -0.3 is 10.8 Å². The number of anilines is 1. The first-order chi connectivity index (χ1) is 8.11. The lowest BCUT2D eigenvalue weighted by Gasteiger charge is -2.12. The Hall–Kier alpha value is -1.97. The van der Waals surface area contributed by atoms with Gasteiger partial charge in [0.1, 0.15) is 5.75 Å². The molecule has 0 saturated heterocycles. The summed E-state index contributed by atoms with van der Waals surface area (Å²) in [6.07, 6.45) is 4.30. The van der Waals surface area contributed by atoms with Crippen molar-refractivity contribution < 1.29 is 5.11 Å². The first kappa shape index (κ1) is 11.5. The quantitative estimate of drug-likeness (QED) is 0.853. The molecular weight excluding hydrogens is 214 g/mol. The van der Waals surface area contributed by atoms with E-state index in [1.54, 1.807) is 23.1 Å². The van der Waals surface area contributed by atoms with Gasteiger partial charge in [0.15, 0.2) is 0 Å². The van der Waals surface area contributed by atoms with Crippen LogP contribution in [-0.2, 0) is 0 Å². The van der Waals surface area contributed by atoms with Gasteiger partial charge in [0, 0.05) is 6.07 Å². The molecule has 1 atom stereocenters. The maximum Gasteiger partial charge on any atom is 0.121 e. The van der Waals surface area contributed by atoms with Crippen LogP contribution in [0.1, 0.15) is 31.7 Å². The van der Waals surface area contributed by atoms with Gasteiger partial charge in [-0.2, -0.15) is 5.10 Å². The maximum absolute atomic E-state index is 9.99. The zero-order valence-corrected chi connectivity index (χ0v) is 10.1. The SMILES string of the molecule is CCC(C)c1ccc(-n2cc(N)cn2)cc1O. The summed E-state index contributed by atoms with van der Waals surface area (Å²) >= 11 is 0. The summed E-state index contributed by atoms with van der Waals surface area (Å²) < 4.78 is 1.65. The van der Waals surface area contributed by atoms with Gasteiger partial charge >= 0.3 is 0 Å². The van der Waals surface area contributed by atoms with E-state index in [1.165, 1.54) is 0 Å². The van der Waals surface area contributed by atoms with Crippen LogP contribution < -0.4 is 5.73 Å². The molecule has 0 bridgehead atoms. The predicted octanol–water partition coefficient (Wildman–Crippen LogP) is 2.67. The van der Waals surface area contributed by atoms with Crippen molar-refractivity contribution in [2.75, 3.05) is 5.73 Å². The number of aromatic nitrogens is 2. The van der Waals surface area contributed by atoms with Gasteiger partial charge in [-0.05, 0) is 24.0 Å². The molecule has 2 rings (SSSR count). The number of phenolic OH excluding ortho intramolecular Hbond substituents is 1. The molecule has 90 valence electrons. The second kappa shape index (κ2) is 4.49. The number of aromatic hydroxyl groups is 1. The van der Waals surface area contributed by atoms with Crippen molar-refractivity contribution in [2.24, 2.45) is 0 Å². The maximum atomic E-state index is 9.99. The first-order valence-corrected chi connectivity index (χ1v) is 5.75. The van der Waals surface area contributed by atoms with Gasteiger partial charge in [0.05, 0.1) is 23.8 Å². The van der Waals surface area contributed by atoms with E-state index in [1.807, 2.05) is 12.1 Å². The molecule has 1 heterocycles. The van der Waals surface area contributed by atoms with Gasteiger partial charge in [0.2, 0.25) is 0 Å². The molecule has 0 saturated carbocycles. The zero-order valence-electron chi connectivity index (χ0n) is 10.1. The molecule has 0 aliphatic rings. The van der Waals surface area contributed by atoms with Crippen LogP contribution in [0.25, 0.3) is 5.69 Å². The third-order valence-corrected chi connectivity index (χ3v) is 3.02. The molecule has 0 fully saturated rings. The highest BCUT2D eigenvalue weighted by Crippen LogP contribution is 2.29. The molecule has 1 aromatic heterocycles. The Morgan fingerprint density at radius 3 is 2.76 bits per heavy atom. The fourth-order valence-corrected chi connectivity index (χ4v) is 1.79. The minimum absolute atomic E-state index is 0.311. The lowest BCUT2D eigenvalue weighted by molar-refractivity contribution is 0.461. The molecule has 2 aromatic rings. The number of nitrogens with two attached hydrogens (primary N) is 1. The second-order valence-corrected chi connectivity index (χ2v) is 4.27. The van der Waals surface area contributed by atoms with Crippen molar-refractivity contribution in [1.29, 1.82) is 0 Å². The van der Waals surface area contributed by atoms with Crippen LogP contribution in [0.4, 0.5) is 5.69 Å². The highest BCUT2D eigenvalue weighted by Gasteiger charge is 2.10. The molecular formula is C13H17N3O. The third kappa shape index (κ3) is 2.25. The number of hydrogen-bond acceptors (Lipinski definition) is 3. The molecule has 17 heavy (non-hydrogen) atoms. The molecule has 0 aliphatic carbocycles. The number of phenols is 1. The van der Waals surface area contributed by atoms with E-state index < -0.39 is 0 Å². The van der Waals surface area contributed by atoms with E-state index in [4.69, 9.17) is 5.73 Å². The third-order valence-electron chi connectivity index (χ3n) is 3.02. The summed E-state index contributed by atoms with van der Waals surface area (Å²) in [5.74, 6) is 0.665. The number of hydrogen-bond donors (Lipinski definition) is 2. The lowest BCUT2D eigenvalue weighted by atomic mass is 9.97. The second-order valence-electron chi connectivity index (χ2n) is 4.27. The van der Waals surface area contributed by atoms with Crippen LogP contribution in [0.5, 0.6) is 5.75 Å². The van der Waals surface area contributed by atoms with Gasteiger partial charge in [-0.3, -0.25) is 0 Å². The van der Waals surface area contributed by atoms with Crippen molar-refractivity contribution >= 4 is 5.69 Å². The molecule has 0 radical (unpaired) electrons. The summed E-state index contributed by atoms with van der Waals surface area (Å²) in [4.78, 5) is 0. The standard InChI is InChI=1S/C13H17N3O/c1-3-9(2)12-5-4-11(6-13(12)17)16-8-10(14)7-15-16/h4-9,17H,3,14H2,1-2H3. The van der Waals surface area contributed by atoms with Crippen LogP contribution in [0.2, 0.25) is 0 Å². The smallest absolute Gasteiger partial charge is 0.121 e. The molecule has 4 heteroatoms.